The fraction of sp³-hybridized carbons (Fsp3) is 0.500. The molecule has 5 heteroatoms. The van der Waals surface area contributed by atoms with Crippen LogP contribution in [-0.2, 0) is 9.47 Å². The second-order valence-corrected chi connectivity index (χ2v) is 4.04. The van der Waals surface area contributed by atoms with E-state index in [1.165, 1.54) is 0 Å². The molecular formula is C14H18O5. The largest absolute Gasteiger partial charge is 0.454 e. The van der Waals surface area contributed by atoms with Crippen molar-refractivity contribution in [3.63, 3.8) is 0 Å². The molecule has 0 aliphatic carbocycles. The van der Waals surface area contributed by atoms with Crippen LogP contribution >= 0.6 is 0 Å². The molecule has 0 unspecified atom stereocenters. The van der Waals surface area contributed by atoms with Gasteiger partial charge in [-0.15, -0.1) is 0 Å². The molecule has 2 rings (SSSR count). The molecule has 0 atom stereocenters. The Bertz CT molecular complexity index is 437. The van der Waals surface area contributed by atoms with E-state index in [0.29, 0.717) is 30.3 Å². The summed E-state index contributed by atoms with van der Waals surface area (Å²) >= 11 is 0. The summed E-state index contributed by atoms with van der Waals surface area (Å²) in [6.45, 7) is 4.97. The maximum Gasteiger partial charge on any atom is 0.231 e. The van der Waals surface area contributed by atoms with Gasteiger partial charge in [0.1, 0.15) is 0 Å². The van der Waals surface area contributed by atoms with Gasteiger partial charge < -0.3 is 18.9 Å². The Balaban J connectivity index is 2.02. The van der Waals surface area contributed by atoms with Crippen molar-refractivity contribution in [2.75, 3.05) is 20.0 Å². The number of ketones is 1. The highest BCUT2D eigenvalue weighted by Gasteiger charge is 2.19. The van der Waals surface area contributed by atoms with Crippen molar-refractivity contribution in [2.24, 2.45) is 0 Å². The van der Waals surface area contributed by atoms with Gasteiger partial charge in [-0.1, -0.05) is 0 Å². The Morgan fingerprint density at radius 3 is 2.58 bits per heavy atom. The van der Waals surface area contributed by atoms with E-state index in [9.17, 15) is 4.79 Å². The summed E-state index contributed by atoms with van der Waals surface area (Å²) in [5.41, 5.74) is 0.577. The fourth-order valence-corrected chi connectivity index (χ4v) is 1.88. The molecule has 1 aliphatic heterocycles. The summed E-state index contributed by atoms with van der Waals surface area (Å²) in [6, 6.07) is 5.16. The van der Waals surface area contributed by atoms with Gasteiger partial charge in [0, 0.05) is 18.8 Å². The molecule has 1 aromatic rings. The van der Waals surface area contributed by atoms with Gasteiger partial charge in [-0.2, -0.15) is 0 Å². The van der Waals surface area contributed by atoms with Gasteiger partial charge in [-0.05, 0) is 32.0 Å². The lowest BCUT2D eigenvalue weighted by Crippen LogP contribution is -2.21. The summed E-state index contributed by atoms with van der Waals surface area (Å²) in [5, 5.41) is 0. The summed E-state index contributed by atoms with van der Waals surface area (Å²) in [6.07, 6.45) is -0.297. The Morgan fingerprint density at radius 2 is 1.89 bits per heavy atom. The molecular weight excluding hydrogens is 248 g/mol. The molecule has 0 amide bonds. The number of hydrogen-bond donors (Lipinski definition) is 0. The Morgan fingerprint density at radius 1 is 1.21 bits per heavy atom. The molecule has 19 heavy (non-hydrogen) atoms. The van der Waals surface area contributed by atoms with E-state index in [1.54, 1.807) is 18.2 Å². The lowest BCUT2D eigenvalue weighted by molar-refractivity contribution is -0.133. The summed E-state index contributed by atoms with van der Waals surface area (Å²) < 4.78 is 21.2. The van der Waals surface area contributed by atoms with Gasteiger partial charge in [0.15, 0.2) is 23.6 Å². The molecule has 0 bridgehead atoms. The Kier molecular flexibility index (Phi) is 4.76. The average Bonchev–Trinajstić information content (AvgIpc) is 2.86. The van der Waals surface area contributed by atoms with E-state index in [4.69, 9.17) is 18.9 Å². The zero-order chi connectivity index (χ0) is 13.7. The molecule has 0 aromatic heterocycles. The topological polar surface area (TPSA) is 54.0 Å². The Labute approximate surface area is 112 Å². The molecule has 0 N–H and O–H groups in total. The molecule has 104 valence electrons. The maximum absolute atomic E-state index is 12.1. The van der Waals surface area contributed by atoms with Crippen LogP contribution in [0.25, 0.3) is 0 Å². The highest BCUT2D eigenvalue weighted by molar-refractivity contribution is 5.97. The molecule has 0 spiro atoms. The highest BCUT2D eigenvalue weighted by atomic mass is 16.7. The molecule has 0 saturated carbocycles. The smallest absolute Gasteiger partial charge is 0.231 e. The molecule has 1 aromatic carbocycles. The van der Waals surface area contributed by atoms with Crippen molar-refractivity contribution in [1.82, 2.24) is 0 Å². The minimum absolute atomic E-state index is 0.0369. The van der Waals surface area contributed by atoms with E-state index < -0.39 is 6.29 Å². The van der Waals surface area contributed by atoms with E-state index in [0.717, 1.165) is 0 Å². The minimum Gasteiger partial charge on any atom is -0.454 e. The van der Waals surface area contributed by atoms with Crippen molar-refractivity contribution >= 4 is 5.78 Å². The number of Topliss-reactive ketones (excluding diaryl/α,β-unsaturated/α-hetero) is 1. The van der Waals surface area contributed by atoms with E-state index in [-0.39, 0.29) is 19.0 Å². The standard InChI is InChI=1S/C14H18O5/c1-3-16-14(17-4-2)8-11(15)10-5-6-12-13(7-10)19-9-18-12/h5-7,14H,3-4,8-9H2,1-2H3. The predicted octanol–water partition coefficient (Wildman–Crippen LogP) is 2.39. The molecule has 0 fully saturated rings. The second-order valence-electron chi connectivity index (χ2n) is 4.04. The molecule has 1 aliphatic rings. The van der Waals surface area contributed by atoms with Gasteiger partial charge in [0.25, 0.3) is 0 Å². The quantitative estimate of drug-likeness (QED) is 0.560. The third-order valence-corrected chi connectivity index (χ3v) is 2.75. The minimum atomic E-state index is -0.493. The summed E-state index contributed by atoms with van der Waals surface area (Å²) in [5.74, 6) is 1.24. The predicted molar refractivity (Wildman–Crippen MR) is 68.6 cm³/mol. The number of fused-ring (bicyclic) bond motifs is 1. The van der Waals surface area contributed by atoms with Crippen LogP contribution in [0.5, 0.6) is 11.5 Å². The van der Waals surface area contributed by atoms with Crippen LogP contribution in [-0.4, -0.2) is 32.1 Å². The molecule has 0 saturated heterocycles. The Hall–Kier alpha value is -1.59. The zero-order valence-corrected chi connectivity index (χ0v) is 11.2. The number of ether oxygens (including phenoxy) is 4. The van der Waals surface area contributed by atoms with Gasteiger partial charge in [-0.3, -0.25) is 4.79 Å². The second kappa shape index (κ2) is 6.54. The van der Waals surface area contributed by atoms with Gasteiger partial charge in [0.2, 0.25) is 6.79 Å². The molecule has 1 heterocycles. The van der Waals surface area contributed by atoms with Crippen molar-refractivity contribution in [3.05, 3.63) is 23.8 Å². The average molecular weight is 266 g/mol. The van der Waals surface area contributed by atoms with E-state index in [2.05, 4.69) is 0 Å². The maximum atomic E-state index is 12.1. The van der Waals surface area contributed by atoms with Crippen molar-refractivity contribution in [2.45, 2.75) is 26.6 Å². The third kappa shape index (κ3) is 3.45. The van der Waals surface area contributed by atoms with Crippen molar-refractivity contribution in [1.29, 1.82) is 0 Å². The number of carbonyl (C=O) groups excluding carboxylic acids is 1. The first-order valence-electron chi connectivity index (χ1n) is 6.40. The third-order valence-electron chi connectivity index (χ3n) is 2.75. The summed E-state index contributed by atoms with van der Waals surface area (Å²) in [7, 11) is 0. The first-order valence-corrected chi connectivity index (χ1v) is 6.40. The fourth-order valence-electron chi connectivity index (χ4n) is 1.88. The number of benzene rings is 1. The lowest BCUT2D eigenvalue weighted by atomic mass is 10.1. The monoisotopic (exact) mass is 266 g/mol. The van der Waals surface area contributed by atoms with Crippen LogP contribution in [0, 0.1) is 0 Å². The van der Waals surface area contributed by atoms with Crippen LogP contribution in [0.1, 0.15) is 30.6 Å². The molecule has 5 nitrogen and oxygen atoms in total. The van der Waals surface area contributed by atoms with Crippen LogP contribution in [0.15, 0.2) is 18.2 Å². The van der Waals surface area contributed by atoms with Crippen LogP contribution in [0.4, 0.5) is 0 Å². The number of rotatable bonds is 7. The van der Waals surface area contributed by atoms with Crippen LogP contribution < -0.4 is 9.47 Å². The first-order chi connectivity index (χ1) is 9.24. The van der Waals surface area contributed by atoms with Crippen molar-refractivity contribution in [3.8, 4) is 11.5 Å². The van der Waals surface area contributed by atoms with Crippen molar-refractivity contribution < 1.29 is 23.7 Å². The number of hydrogen-bond acceptors (Lipinski definition) is 5. The van der Waals surface area contributed by atoms with Gasteiger partial charge >= 0.3 is 0 Å². The van der Waals surface area contributed by atoms with Gasteiger partial charge in [-0.25, -0.2) is 0 Å². The normalized spacial score (nSPS) is 13.0. The number of carbonyl (C=O) groups is 1. The van der Waals surface area contributed by atoms with Gasteiger partial charge in [0.05, 0.1) is 6.42 Å². The lowest BCUT2D eigenvalue weighted by Gasteiger charge is -2.16. The summed E-state index contributed by atoms with van der Waals surface area (Å²) in [4.78, 5) is 12.1. The highest BCUT2D eigenvalue weighted by Crippen LogP contribution is 2.32. The van der Waals surface area contributed by atoms with Crippen LogP contribution in [0.2, 0.25) is 0 Å². The van der Waals surface area contributed by atoms with E-state index >= 15 is 0 Å². The van der Waals surface area contributed by atoms with Crippen LogP contribution in [0.3, 0.4) is 0 Å². The first kappa shape index (κ1) is 13.8. The molecule has 0 radical (unpaired) electrons. The zero-order valence-electron chi connectivity index (χ0n) is 11.2. The van der Waals surface area contributed by atoms with E-state index in [1.807, 2.05) is 13.8 Å². The SMILES string of the molecule is CCOC(CC(=O)c1ccc2c(c1)OCO2)OCC.